The van der Waals surface area contributed by atoms with Gasteiger partial charge in [-0.25, -0.2) is 0 Å². The predicted molar refractivity (Wildman–Crippen MR) is 85.1 cm³/mol. The average Bonchev–Trinajstić information content (AvgIpc) is 2.39. The highest BCUT2D eigenvalue weighted by molar-refractivity contribution is 9.10. The van der Waals surface area contributed by atoms with Gasteiger partial charge < -0.3 is 10.5 Å². The predicted octanol–water partition coefficient (Wildman–Crippen LogP) is 4.19. The Labute approximate surface area is 128 Å². The third kappa shape index (κ3) is 2.60. The number of rotatable bonds is 4. The quantitative estimate of drug-likeness (QED) is 0.911. The molecule has 1 unspecified atom stereocenters. The van der Waals surface area contributed by atoms with Crippen molar-refractivity contribution in [2.75, 3.05) is 6.61 Å². The van der Waals surface area contributed by atoms with E-state index >= 15 is 0 Å². The van der Waals surface area contributed by atoms with Gasteiger partial charge in [-0.1, -0.05) is 46.3 Å². The largest absolute Gasteiger partial charge is 0.493 e. The van der Waals surface area contributed by atoms with Crippen molar-refractivity contribution in [2.45, 2.75) is 25.3 Å². The van der Waals surface area contributed by atoms with Crippen LogP contribution in [0, 0.1) is 0 Å². The summed E-state index contributed by atoms with van der Waals surface area (Å²) in [6.07, 6.45) is 1.11. The van der Waals surface area contributed by atoms with Crippen molar-refractivity contribution >= 4 is 15.9 Å². The molecule has 0 fully saturated rings. The molecule has 0 saturated heterocycles. The van der Waals surface area contributed by atoms with E-state index in [0.29, 0.717) is 12.5 Å². The highest BCUT2D eigenvalue weighted by Gasteiger charge is 2.26. The van der Waals surface area contributed by atoms with E-state index in [1.54, 1.807) is 0 Å². The number of hydrogen-bond acceptors (Lipinski definition) is 2. The minimum atomic E-state index is -0.0215. The molecule has 2 nitrogen and oxygen atoms in total. The molecule has 2 aromatic rings. The van der Waals surface area contributed by atoms with Crippen molar-refractivity contribution in [2.24, 2.45) is 5.73 Å². The van der Waals surface area contributed by atoms with Gasteiger partial charge in [0, 0.05) is 22.0 Å². The van der Waals surface area contributed by atoms with Crippen molar-refractivity contribution in [3.63, 3.8) is 0 Å². The van der Waals surface area contributed by atoms with E-state index in [2.05, 4.69) is 40.2 Å². The van der Waals surface area contributed by atoms with Gasteiger partial charge in [0.25, 0.3) is 0 Å². The number of halogens is 1. The van der Waals surface area contributed by atoms with Gasteiger partial charge in [-0.3, -0.25) is 0 Å². The fourth-order valence-electron chi connectivity index (χ4n) is 2.71. The second kappa shape index (κ2) is 5.58. The number of hydrogen-bond donors (Lipinski definition) is 1. The van der Waals surface area contributed by atoms with E-state index < -0.39 is 0 Å². The Balaban J connectivity index is 1.72. The normalized spacial score (nSPS) is 18.1. The summed E-state index contributed by atoms with van der Waals surface area (Å²) in [6.45, 7) is 2.70. The van der Waals surface area contributed by atoms with Crippen molar-refractivity contribution in [1.82, 2.24) is 0 Å². The molecule has 1 aliphatic rings. The average molecular weight is 332 g/mol. The molecule has 0 aliphatic heterocycles. The topological polar surface area (TPSA) is 35.2 Å². The van der Waals surface area contributed by atoms with Gasteiger partial charge in [-0.05, 0) is 36.6 Å². The summed E-state index contributed by atoms with van der Waals surface area (Å²) in [5, 5.41) is 0. The zero-order valence-electron chi connectivity index (χ0n) is 11.5. The van der Waals surface area contributed by atoms with Crippen LogP contribution < -0.4 is 10.5 Å². The van der Waals surface area contributed by atoms with Gasteiger partial charge in [-0.15, -0.1) is 0 Å². The summed E-state index contributed by atoms with van der Waals surface area (Å²) >= 11 is 3.49. The highest BCUT2D eigenvalue weighted by Crippen LogP contribution is 2.36. The Morgan fingerprint density at radius 1 is 1.30 bits per heavy atom. The van der Waals surface area contributed by atoms with Crippen LogP contribution in [0.15, 0.2) is 46.9 Å². The first-order valence-corrected chi connectivity index (χ1v) is 7.70. The van der Waals surface area contributed by atoms with Crippen LogP contribution in [0.2, 0.25) is 0 Å². The molecule has 3 rings (SSSR count). The van der Waals surface area contributed by atoms with Gasteiger partial charge in [0.2, 0.25) is 0 Å². The maximum absolute atomic E-state index is 6.03. The Kier molecular flexibility index (Phi) is 3.81. The molecule has 0 heterocycles. The van der Waals surface area contributed by atoms with Gasteiger partial charge >= 0.3 is 0 Å². The van der Waals surface area contributed by atoms with E-state index in [4.69, 9.17) is 10.5 Å². The fourth-order valence-corrected chi connectivity index (χ4v) is 3.05. The Hall–Kier alpha value is -1.32. The molecule has 0 bridgehead atoms. The molecule has 0 amide bonds. The number of nitrogens with two attached hydrogens (primary N) is 1. The summed E-state index contributed by atoms with van der Waals surface area (Å²) in [6, 6.07) is 14.6. The number of benzene rings is 2. The first-order valence-electron chi connectivity index (χ1n) is 6.91. The molecule has 0 saturated carbocycles. The molecule has 2 atom stereocenters. The summed E-state index contributed by atoms with van der Waals surface area (Å²) in [5.74, 6) is 1.39. The first kappa shape index (κ1) is 13.7. The van der Waals surface area contributed by atoms with Gasteiger partial charge in [0.05, 0.1) is 6.61 Å². The van der Waals surface area contributed by atoms with Crippen LogP contribution in [-0.2, 0) is 6.42 Å². The maximum atomic E-state index is 6.03. The number of ether oxygens (including phenoxy) is 1. The van der Waals surface area contributed by atoms with Crippen LogP contribution in [0.25, 0.3) is 0 Å². The van der Waals surface area contributed by atoms with Crippen LogP contribution >= 0.6 is 15.9 Å². The SMILES string of the molecule is C[C@H](N)c1ccc(Br)cc1OCC1Cc2ccccc21. The molecule has 104 valence electrons. The van der Waals surface area contributed by atoms with Gasteiger partial charge in [0.1, 0.15) is 5.75 Å². The monoisotopic (exact) mass is 331 g/mol. The lowest BCUT2D eigenvalue weighted by molar-refractivity contribution is 0.271. The Morgan fingerprint density at radius 3 is 2.85 bits per heavy atom. The van der Waals surface area contributed by atoms with Crippen LogP contribution in [0.3, 0.4) is 0 Å². The maximum Gasteiger partial charge on any atom is 0.125 e. The Morgan fingerprint density at radius 2 is 2.10 bits per heavy atom. The lowest BCUT2D eigenvalue weighted by Gasteiger charge is -2.30. The minimum Gasteiger partial charge on any atom is -0.493 e. The molecule has 2 aromatic carbocycles. The summed E-state index contributed by atoms with van der Waals surface area (Å²) in [5.41, 5.74) is 9.92. The van der Waals surface area contributed by atoms with Crippen LogP contribution in [0.1, 0.15) is 35.6 Å². The smallest absolute Gasteiger partial charge is 0.125 e. The van der Waals surface area contributed by atoms with Crippen molar-refractivity contribution in [1.29, 1.82) is 0 Å². The summed E-state index contributed by atoms with van der Waals surface area (Å²) in [7, 11) is 0. The van der Waals surface area contributed by atoms with Crippen molar-refractivity contribution < 1.29 is 4.74 Å². The van der Waals surface area contributed by atoms with Crippen LogP contribution in [0.4, 0.5) is 0 Å². The van der Waals surface area contributed by atoms with E-state index in [1.807, 2.05) is 25.1 Å². The van der Waals surface area contributed by atoms with Crippen LogP contribution in [-0.4, -0.2) is 6.61 Å². The molecular weight excluding hydrogens is 314 g/mol. The molecular formula is C17H18BrNO. The first-order chi connectivity index (χ1) is 9.65. The second-order valence-corrected chi connectivity index (χ2v) is 6.30. The van der Waals surface area contributed by atoms with Gasteiger partial charge in [-0.2, -0.15) is 0 Å². The second-order valence-electron chi connectivity index (χ2n) is 5.38. The van der Waals surface area contributed by atoms with Gasteiger partial charge in [0.15, 0.2) is 0 Å². The molecule has 0 aromatic heterocycles. The molecule has 1 aliphatic carbocycles. The lowest BCUT2D eigenvalue weighted by atomic mass is 9.78. The third-order valence-corrected chi connectivity index (χ3v) is 4.36. The third-order valence-electron chi connectivity index (χ3n) is 3.87. The molecule has 3 heteroatoms. The molecule has 20 heavy (non-hydrogen) atoms. The van der Waals surface area contributed by atoms with E-state index in [-0.39, 0.29) is 6.04 Å². The highest BCUT2D eigenvalue weighted by atomic mass is 79.9. The van der Waals surface area contributed by atoms with Crippen LogP contribution in [0.5, 0.6) is 5.75 Å². The molecule has 0 radical (unpaired) electrons. The van der Waals surface area contributed by atoms with E-state index in [9.17, 15) is 0 Å². The standard InChI is InChI=1S/C17H18BrNO/c1-11(19)15-7-6-14(18)9-17(15)20-10-13-8-12-4-2-3-5-16(12)13/h2-7,9,11,13H,8,10,19H2,1H3/t11-,13?/m0/s1. The van der Waals surface area contributed by atoms with Crippen molar-refractivity contribution in [3.05, 3.63) is 63.6 Å². The molecule has 0 spiro atoms. The van der Waals surface area contributed by atoms with E-state index in [1.165, 1.54) is 11.1 Å². The zero-order chi connectivity index (χ0) is 14.1. The fraction of sp³-hybridized carbons (Fsp3) is 0.294. The number of fused-ring (bicyclic) bond motifs is 1. The summed E-state index contributed by atoms with van der Waals surface area (Å²) in [4.78, 5) is 0. The Bertz CT molecular complexity index is 624. The van der Waals surface area contributed by atoms with E-state index in [0.717, 1.165) is 22.2 Å². The lowest BCUT2D eigenvalue weighted by Crippen LogP contribution is -2.23. The summed E-state index contributed by atoms with van der Waals surface area (Å²) < 4.78 is 7.05. The zero-order valence-corrected chi connectivity index (χ0v) is 13.1. The minimum absolute atomic E-state index is 0.0215. The van der Waals surface area contributed by atoms with Crippen molar-refractivity contribution in [3.8, 4) is 5.75 Å². The molecule has 2 N–H and O–H groups in total.